The number of alkyl halides is 6. The smallest absolute Gasteiger partial charge is 0.475 e. The number of carboxylic acids is 1. The van der Waals surface area contributed by atoms with Crippen LogP contribution < -0.4 is 5.32 Å². The van der Waals surface area contributed by atoms with Crippen molar-refractivity contribution in [3.63, 3.8) is 0 Å². The third-order valence-electron chi connectivity index (χ3n) is 3.19. The Morgan fingerprint density at radius 1 is 1.07 bits per heavy atom. The quantitative estimate of drug-likeness (QED) is 0.722. The molecule has 2 N–H and O–H groups in total. The topological polar surface area (TPSA) is 106 Å². The molecule has 0 amide bonds. The van der Waals surface area contributed by atoms with Crippen LogP contribution in [0.2, 0.25) is 0 Å². The van der Waals surface area contributed by atoms with E-state index in [2.05, 4.69) is 25.6 Å². The largest absolute Gasteiger partial charge is 0.490 e. The maximum Gasteiger partial charge on any atom is 0.490 e. The molecule has 0 atom stereocenters. The van der Waals surface area contributed by atoms with Gasteiger partial charge in [0, 0.05) is 32.5 Å². The van der Waals surface area contributed by atoms with Crippen molar-refractivity contribution in [3.05, 3.63) is 35.2 Å². The van der Waals surface area contributed by atoms with Gasteiger partial charge in [-0.05, 0) is 6.42 Å². The summed E-state index contributed by atoms with van der Waals surface area (Å²) in [5, 5.41) is 17.0. The molecule has 0 saturated carbocycles. The number of hydrogen-bond acceptors (Lipinski definition) is 6. The van der Waals surface area contributed by atoms with E-state index in [0.29, 0.717) is 13.0 Å². The highest BCUT2D eigenvalue weighted by Gasteiger charge is 2.38. The third kappa shape index (κ3) is 6.75. The fourth-order valence-corrected chi connectivity index (χ4v) is 2.00. The first-order chi connectivity index (χ1) is 12.9. The van der Waals surface area contributed by atoms with Crippen LogP contribution in [0.3, 0.4) is 0 Å². The van der Waals surface area contributed by atoms with Crippen LogP contribution in [0.4, 0.5) is 26.3 Å². The van der Waals surface area contributed by atoms with Crippen LogP contribution in [-0.4, -0.2) is 42.2 Å². The summed E-state index contributed by atoms with van der Waals surface area (Å²) in [7, 11) is 1.22. The molecule has 0 aromatic carbocycles. The van der Waals surface area contributed by atoms with Gasteiger partial charge in [-0.15, -0.1) is 5.10 Å². The van der Waals surface area contributed by atoms with Crippen molar-refractivity contribution >= 4 is 5.97 Å². The Kier molecular flexibility index (Phi) is 7.84. The zero-order valence-electron chi connectivity index (χ0n) is 14.6. The van der Waals surface area contributed by atoms with E-state index in [0.717, 1.165) is 16.1 Å². The number of rotatable bonds is 5. The summed E-state index contributed by atoms with van der Waals surface area (Å²) >= 11 is 0. The number of nitrogens with one attached hydrogen (secondary N) is 1. The predicted octanol–water partition coefficient (Wildman–Crippen LogP) is 2.11. The molecule has 0 aliphatic rings. The Bertz CT molecular complexity index is 789. The van der Waals surface area contributed by atoms with Crippen molar-refractivity contribution < 1.29 is 36.2 Å². The van der Waals surface area contributed by atoms with Gasteiger partial charge < -0.3 is 10.4 Å². The summed E-state index contributed by atoms with van der Waals surface area (Å²) in [6.07, 6.45) is -5.70. The van der Waals surface area contributed by atoms with E-state index in [1.807, 2.05) is 6.92 Å². The summed E-state index contributed by atoms with van der Waals surface area (Å²) in [6, 6.07) is 0. The minimum atomic E-state index is -5.08. The molecule has 0 fully saturated rings. The third-order valence-corrected chi connectivity index (χ3v) is 3.19. The van der Waals surface area contributed by atoms with Crippen LogP contribution in [0.5, 0.6) is 0 Å². The molecule has 0 saturated heterocycles. The molecule has 8 nitrogen and oxygen atoms in total. The van der Waals surface area contributed by atoms with Gasteiger partial charge in [0.05, 0.1) is 11.4 Å². The van der Waals surface area contributed by atoms with Gasteiger partial charge in [-0.2, -0.15) is 26.3 Å². The maximum atomic E-state index is 12.9. The molecule has 2 rings (SSSR count). The summed E-state index contributed by atoms with van der Waals surface area (Å²) < 4.78 is 71.1. The van der Waals surface area contributed by atoms with E-state index in [1.54, 1.807) is 12.4 Å². The van der Waals surface area contributed by atoms with E-state index >= 15 is 0 Å². The van der Waals surface area contributed by atoms with Crippen LogP contribution in [0.25, 0.3) is 0 Å². The molecule has 0 spiro atoms. The van der Waals surface area contributed by atoms with Gasteiger partial charge in [-0.25, -0.2) is 9.48 Å². The van der Waals surface area contributed by atoms with Gasteiger partial charge in [0.1, 0.15) is 5.69 Å². The number of halogens is 6. The number of aromatic nitrogens is 5. The molecule has 0 unspecified atom stereocenters. The summed E-state index contributed by atoms with van der Waals surface area (Å²) in [5.41, 5.74) is 0.564. The van der Waals surface area contributed by atoms with E-state index in [-0.39, 0.29) is 12.2 Å². The number of hydrogen-bond donors (Lipinski definition) is 2. The average molecular weight is 414 g/mol. The molecule has 2 heterocycles. The van der Waals surface area contributed by atoms with Crippen molar-refractivity contribution in [2.24, 2.45) is 7.05 Å². The maximum absolute atomic E-state index is 12.9. The molecule has 28 heavy (non-hydrogen) atoms. The molecule has 0 radical (unpaired) electrons. The normalized spacial score (nSPS) is 11.7. The molecular formula is C14H16F6N6O2. The summed E-state index contributed by atoms with van der Waals surface area (Å²) in [6.45, 7) is 2.23. The average Bonchev–Trinajstić information content (AvgIpc) is 2.96. The fourth-order valence-electron chi connectivity index (χ4n) is 2.00. The molecule has 0 aliphatic heterocycles. The zero-order chi connectivity index (χ0) is 21.5. The number of nitrogens with zero attached hydrogens (tertiary/aromatic N) is 5. The molecule has 14 heteroatoms. The lowest BCUT2D eigenvalue weighted by atomic mass is 10.2. The van der Waals surface area contributed by atoms with E-state index in [1.165, 1.54) is 7.05 Å². The number of aryl methyl sites for hydroxylation is 2. The monoisotopic (exact) mass is 414 g/mol. The minimum absolute atomic E-state index is 0.0393. The van der Waals surface area contributed by atoms with Gasteiger partial charge in [0.25, 0.3) is 0 Å². The minimum Gasteiger partial charge on any atom is -0.475 e. The van der Waals surface area contributed by atoms with Crippen molar-refractivity contribution in [1.82, 2.24) is 30.3 Å². The van der Waals surface area contributed by atoms with E-state index in [4.69, 9.17) is 9.90 Å². The highest BCUT2D eigenvalue weighted by molar-refractivity contribution is 5.73. The van der Waals surface area contributed by atoms with Gasteiger partial charge in [0.15, 0.2) is 5.69 Å². The second-order valence-electron chi connectivity index (χ2n) is 5.22. The lowest BCUT2D eigenvalue weighted by Gasteiger charge is -2.09. The van der Waals surface area contributed by atoms with Crippen molar-refractivity contribution in [2.75, 3.05) is 0 Å². The van der Waals surface area contributed by atoms with Gasteiger partial charge in [-0.1, -0.05) is 12.1 Å². The first-order valence-electron chi connectivity index (χ1n) is 7.63. The van der Waals surface area contributed by atoms with Crippen LogP contribution in [0.1, 0.15) is 29.7 Å². The Morgan fingerprint density at radius 3 is 2.04 bits per heavy atom. The highest BCUT2D eigenvalue weighted by atomic mass is 19.4. The SMILES string of the molecule is CCc1nccnc1CNCc1nnn(C)c1C(F)(F)F.O=C(O)C(F)(F)F. The summed E-state index contributed by atoms with van der Waals surface area (Å²) in [5.74, 6) is -2.76. The second-order valence-corrected chi connectivity index (χ2v) is 5.22. The van der Waals surface area contributed by atoms with Crippen molar-refractivity contribution in [2.45, 2.75) is 38.8 Å². The van der Waals surface area contributed by atoms with Gasteiger partial charge >= 0.3 is 18.3 Å². The van der Waals surface area contributed by atoms with Crippen LogP contribution in [0.15, 0.2) is 12.4 Å². The van der Waals surface area contributed by atoms with Crippen LogP contribution in [0, 0.1) is 0 Å². The Hall–Kier alpha value is -2.77. The fraction of sp³-hybridized carbons (Fsp3) is 0.500. The van der Waals surface area contributed by atoms with E-state index in [9.17, 15) is 26.3 Å². The molecule has 156 valence electrons. The Morgan fingerprint density at radius 2 is 1.57 bits per heavy atom. The van der Waals surface area contributed by atoms with Crippen LogP contribution in [-0.2, 0) is 37.5 Å². The highest BCUT2D eigenvalue weighted by Crippen LogP contribution is 2.30. The Balaban J connectivity index is 0.000000480. The van der Waals surface area contributed by atoms with Gasteiger partial charge in [0.2, 0.25) is 0 Å². The number of carbonyl (C=O) groups is 1. The summed E-state index contributed by atoms with van der Waals surface area (Å²) in [4.78, 5) is 17.2. The number of carboxylic acid groups (broad SMARTS) is 1. The van der Waals surface area contributed by atoms with Crippen molar-refractivity contribution in [1.29, 1.82) is 0 Å². The number of aliphatic carboxylic acids is 1. The first kappa shape index (κ1) is 23.3. The molecule has 0 bridgehead atoms. The molecule has 2 aromatic rings. The Labute approximate surface area is 154 Å². The molecular weight excluding hydrogens is 398 g/mol. The zero-order valence-corrected chi connectivity index (χ0v) is 14.6. The molecule has 0 aliphatic carbocycles. The standard InChI is InChI=1S/C12H15F3N6.C2HF3O2/c1-3-8-9(18-5-4-17-8)6-16-7-10-11(12(13,14)15)21(2)20-19-10;3-2(4,5)1(6)7/h4-5,16H,3,6-7H2,1-2H3;(H,6,7). The lowest BCUT2D eigenvalue weighted by molar-refractivity contribution is -0.192. The lowest BCUT2D eigenvalue weighted by Crippen LogP contribution is -2.21. The van der Waals surface area contributed by atoms with Crippen molar-refractivity contribution in [3.8, 4) is 0 Å². The van der Waals surface area contributed by atoms with Crippen LogP contribution >= 0.6 is 0 Å². The molecule has 2 aromatic heterocycles. The predicted molar refractivity (Wildman–Crippen MR) is 81.6 cm³/mol. The van der Waals surface area contributed by atoms with E-state index < -0.39 is 24.0 Å². The first-order valence-corrected chi connectivity index (χ1v) is 7.63. The second kappa shape index (κ2) is 9.43. The van der Waals surface area contributed by atoms with Gasteiger partial charge in [-0.3, -0.25) is 9.97 Å².